The number of piperidine rings is 1. The third-order valence-electron chi connectivity index (χ3n) is 7.29. The minimum absolute atomic E-state index is 0.0208. The number of nitrogens with one attached hydrogen (secondary N) is 2. The molecule has 2 saturated heterocycles. The second kappa shape index (κ2) is 12.4. The monoisotopic (exact) mass is 685 g/mol. The number of aromatic nitrogens is 1. The summed E-state index contributed by atoms with van der Waals surface area (Å²) in [6.07, 6.45) is -14.0. The van der Waals surface area contributed by atoms with Gasteiger partial charge in [-0.2, -0.15) is 39.5 Å². The van der Waals surface area contributed by atoms with Crippen molar-refractivity contribution in [2.75, 3.05) is 31.1 Å². The number of ether oxygens (including phenoxy) is 1. The number of nitrogens with zero attached hydrogens (tertiary/aromatic N) is 3. The van der Waals surface area contributed by atoms with E-state index in [0.29, 0.717) is 12.6 Å². The van der Waals surface area contributed by atoms with Gasteiger partial charge in [0.15, 0.2) is 5.13 Å². The summed E-state index contributed by atoms with van der Waals surface area (Å²) in [6, 6.07) is 5.45. The number of benzene rings is 2. The molecule has 2 aromatic carbocycles. The number of halogens is 9. The van der Waals surface area contributed by atoms with Crippen molar-refractivity contribution >= 4 is 38.7 Å². The third kappa shape index (κ3) is 7.41. The van der Waals surface area contributed by atoms with Crippen LogP contribution in [0.3, 0.4) is 0 Å². The second-order valence-corrected chi connectivity index (χ2v) is 11.6. The maximum absolute atomic E-state index is 14.4. The number of hydrogen-bond acceptors (Lipinski definition) is 9. The molecule has 1 amide bonds. The van der Waals surface area contributed by atoms with E-state index in [1.165, 1.54) is 6.07 Å². The first kappa shape index (κ1) is 33.5. The number of esters is 1. The number of rotatable bonds is 8. The zero-order valence-electron chi connectivity index (χ0n) is 23.4. The molecule has 19 heteroatoms. The Kier molecular flexibility index (Phi) is 9.04. The predicted molar refractivity (Wildman–Crippen MR) is 144 cm³/mol. The number of carbonyl (C=O) groups is 2. The van der Waals surface area contributed by atoms with Gasteiger partial charge in [-0.25, -0.2) is 14.6 Å². The van der Waals surface area contributed by atoms with E-state index >= 15 is 0 Å². The molecule has 2 aliphatic heterocycles. The van der Waals surface area contributed by atoms with E-state index in [1.807, 2.05) is 0 Å². The van der Waals surface area contributed by atoms with Gasteiger partial charge in [0, 0.05) is 25.2 Å². The van der Waals surface area contributed by atoms with Crippen LogP contribution in [0.15, 0.2) is 36.4 Å². The standard InChI is InChI=1S/C27H24F9N5O4S/c28-24(29,30)16-5-7-19-20(13-16)46-22(37-19)41(11-10-40-8-2-1-3-9-40)14-15-4-6-17(18(12-15)25(31,32)33)27(38-23(43)45-39-27)44-21(42)26(34,35)36/h4-7,12-13,39H,1-3,8-11,14H2,(H,38,43). The summed E-state index contributed by atoms with van der Waals surface area (Å²) >= 11 is 0.920. The van der Waals surface area contributed by atoms with Gasteiger partial charge in [0.25, 0.3) is 0 Å². The fraction of sp³-hybridized carbons (Fsp3) is 0.444. The number of alkyl halides is 9. The molecule has 3 aromatic rings. The lowest BCUT2D eigenvalue weighted by Crippen LogP contribution is -2.53. The molecule has 1 aromatic heterocycles. The highest BCUT2D eigenvalue weighted by molar-refractivity contribution is 7.22. The molecule has 1 unspecified atom stereocenters. The number of fused-ring (bicyclic) bond motifs is 1. The van der Waals surface area contributed by atoms with Crippen LogP contribution in [0.1, 0.15) is 41.5 Å². The van der Waals surface area contributed by atoms with Crippen LogP contribution in [0.5, 0.6) is 0 Å². The lowest BCUT2D eigenvalue weighted by molar-refractivity contribution is -0.225. The van der Waals surface area contributed by atoms with Gasteiger partial charge in [-0.15, -0.1) is 0 Å². The van der Waals surface area contributed by atoms with Gasteiger partial charge in [0.2, 0.25) is 0 Å². The largest absolute Gasteiger partial charge is 0.491 e. The van der Waals surface area contributed by atoms with Crippen LogP contribution in [0.25, 0.3) is 10.2 Å². The fourth-order valence-corrected chi connectivity index (χ4v) is 6.13. The van der Waals surface area contributed by atoms with Crippen LogP contribution in [0.2, 0.25) is 0 Å². The van der Waals surface area contributed by atoms with Crippen molar-refractivity contribution in [1.82, 2.24) is 20.7 Å². The molecule has 2 aliphatic rings. The molecule has 0 bridgehead atoms. The number of hydrogen-bond donors (Lipinski definition) is 2. The Bertz CT molecular complexity index is 1600. The zero-order chi connectivity index (χ0) is 33.5. The summed E-state index contributed by atoms with van der Waals surface area (Å²) in [7, 11) is 0. The lowest BCUT2D eigenvalue weighted by Gasteiger charge is -2.31. The first-order chi connectivity index (χ1) is 21.4. The van der Waals surface area contributed by atoms with Gasteiger partial charge in [-0.05, 0) is 55.8 Å². The summed E-state index contributed by atoms with van der Waals surface area (Å²) in [5.74, 6) is -6.08. The molecule has 5 rings (SSSR count). The van der Waals surface area contributed by atoms with Crippen molar-refractivity contribution in [2.24, 2.45) is 0 Å². The molecular formula is C27H24F9N5O4S. The van der Waals surface area contributed by atoms with Crippen molar-refractivity contribution < 1.29 is 58.7 Å². The number of likely N-dealkylation sites (tertiary alicyclic amines) is 1. The minimum Gasteiger partial charge on any atom is -0.411 e. The van der Waals surface area contributed by atoms with Crippen LogP contribution < -0.4 is 15.7 Å². The Morgan fingerprint density at radius 2 is 1.72 bits per heavy atom. The average molecular weight is 686 g/mol. The SMILES string of the molecule is O=C1NC(OC(=O)C(F)(F)F)(c2ccc(CN(CCN3CCCCC3)c3nc4ccc(C(F)(F)F)cc4s3)cc2C(F)(F)F)NO1. The Morgan fingerprint density at radius 3 is 2.33 bits per heavy atom. The third-order valence-corrected chi connectivity index (χ3v) is 8.37. The maximum Gasteiger partial charge on any atom is 0.491 e. The normalized spacial score (nSPS) is 19.6. The summed E-state index contributed by atoms with van der Waals surface area (Å²) in [4.78, 5) is 35.8. The Balaban J connectivity index is 1.51. The smallest absolute Gasteiger partial charge is 0.411 e. The molecule has 3 heterocycles. The van der Waals surface area contributed by atoms with Crippen LogP contribution in [0, 0.1) is 0 Å². The second-order valence-electron chi connectivity index (χ2n) is 10.6. The summed E-state index contributed by atoms with van der Waals surface area (Å²) in [5.41, 5.74) is -1.71. The molecule has 0 spiro atoms. The quantitative estimate of drug-likeness (QED) is 0.211. The van der Waals surface area contributed by atoms with Crippen molar-refractivity contribution in [2.45, 2.75) is 50.2 Å². The highest BCUT2D eigenvalue weighted by atomic mass is 32.1. The van der Waals surface area contributed by atoms with Gasteiger partial charge in [-0.3, -0.25) is 5.32 Å². The maximum atomic E-state index is 14.4. The van der Waals surface area contributed by atoms with E-state index in [9.17, 15) is 49.1 Å². The minimum atomic E-state index is -5.63. The van der Waals surface area contributed by atoms with Crippen molar-refractivity contribution in [3.05, 3.63) is 58.7 Å². The number of carbonyl (C=O) groups excluding carboxylic acids is 2. The summed E-state index contributed by atoms with van der Waals surface area (Å²) < 4.78 is 127. The first-order valence-corrected chi connectivity index (χ1v) is 14.5. The van der Waals surface area contributed by atoms with E-state index < -0.39 is 53.1 Å². The van der Waals surface area contributed by atoms with Gasteiger partial charge in [0.05, 0.1) is 21.3 Å². The van der Waals surface area contributed by atoms with E-state index in [1.54, 1.807) is 15.7 Å². The topological polar surface area (TPSA) is 96.0 Å². The van der Waals surface area contributed by atoms with Crippen molar-refractivity contribution in [1.29, 1.82) is 0 Å². The van der Waals surface area contributed by atoms with Crippen LogP contribution >= 0.6 is 11.3 Å². The molecule has 46 heavy (non-hydrogen) atoms. The predicted octanol–water partition coefficient (Wildman–Crippen LogP) is 6.29. The van der Waals surface area contributed by atoms with Crippen molar-refractivity contribution in [3.63, 3.8) is 0 Å². The van der Waals surface area contributed by atoms with E-state index in [4.69, 9.17) is 0 Å². The molecule has 250 valence electrons. The molecule has 2 N–H and O–H groups in total. The highest BCUT2D eigenvalue weighted by Crippen LogP contribution is 2.40. The Hall–Kier alpha value is -3.84. The molecule has 0 radical (unpaired) electrons. The lowest BCUT2D eigenvalue weighted by atomic mass is 9.99. The van der Waals surface area contributed by atoms with Gasteiger partial charge >= 0.3 is 36.4 Å². The van der Waals surface area contributed by atoms with E-state index in [0.717, 1.165) is 68.0 Å². The molecule has 0 aliphatic carbocycles. The fourth-order valence-electron chi connectivity index (χ4n) is 5.10. The van der Waals surface area contributed by atoms with Crippen LogP contribution in [-0.4, -0.2) is 54.3 Å². The van der Waals surface area contributed by atoms with Gasteiger partial charge in [0.1, 0.15) is 0 Å². The molecule has 1 atom stereocenters. The first-order valence-electron chi connectivity index (χ1n) is 13.7. The van der Waals surface area contributed by atoms with Crippen LogP contribution in [-0.2, 0) is 39.1 Å². The van der Waals surface area contributed by atoms with Gasteiger partial charge < -0.3 is 19.4 Å². The van der Waals surface area contributed by atoms with Gasteiger partial charge in [-0.1, -0.05) is 35.4 Å². The summed E-state index contributed by atoms with van der Waals surface area (Å²) in [5, 5.41) is 1.89. The number of anilines is 1. The Morgan fingerprint density at radius 1 is 1.00 bits per heavy atom. The average Bonchev–Trinajstić information content (AvgIpc) is 3.57. The van der Waals surface area contributed by atoms with E-state index in [-0.39, 0.29) is 34.0 Å². The number of amides is 1. The zero-order valence-corrected chi connectivity index (χ0v) is 24.2. The van der Waals surface area contributed by atoms with E-state index in [2.05, 4.69) is 19.5 Å². The Labute approximate surface area is 258 Å². The van der Waals surface area contributed by atoms with Crippen molar-refractivity contribution in [3.8, 4) is 0 Å². The van der Waals surface area contributed by atoms with Crippen LogP contribution in [0.4, 0.5) is 49.4 Å². The molecule has 0 saturated carbocycles. The summed E-state index contributed by atoms with van der Waals surface area (Å²) in [6.45, 7) is 2.03. The number of thiazole rings is 1. The highest BCUT2D eigenvalue weighted by Gasteiger charge is 2.54. The number of hydroxylamine groups is 1. The molecule has 2 fully saturated rings. The molecule has 9 nitrogen and oxygen atoms in total. The molecular weight excluding hydrogens is 661 g/mol.